The largest absolute Gasteiger partial charge is 0.310 e. The van der Waals surface area contributed by atoms with Crippen LogP contribution in [0.4, 0.5) is 17.1 Å². The predicted molar refractivity (Wildman–Crippen MR) is 247 cm³/mol. The quantitative estimate of drug-likeness (QED) is 0.148. The van der Waals surface area contributed by atoms with Gasteiger partial charge < -0.3 is 9.47 Å². The van der Waals surface area contributed by atoms with Crippen molar-refractivity contribution in [2.45, 2.75) is 0 Å². The van der Waals surface area contributed by atoms with E-state index < -0.39 is 0 Å². The van der Waals surface area contributed by atoms with Crippen molar-refractivity contribution < 1.29 is 0 Å². The molecule has 1 heterocycles. The first-order valence-electron chi connectivity index (χ1n) is 19.9. The van der Waals surface area contributed by atoms with Crippen molar-refractivity contribution >= 4 is 60.4 Å². The van der Waals surface area contributed by atoms with Gasteiger partial charge in [-0.1, -0.05) is 176 Å². The van der Waals surface area contributed by atoms with Gasteiger partial charge in [0.25, 0.3) is 0 Å². The number of fused-ring (bicyclic) bond motifs is 6. The van der Waals surface area contributed by atoms with Crippen LogP contribution >= 0.6 is 0 Å². The van der Waals surface area contributed by atoms with Crippen LogP contribution in [0, 0.1) is 0 Å². The number of hydrogen-bond donors (Lipinski definition) is 0. The van der Waals surface area contributed by atoms with E-state index in [0.717, 1.165) is 22.7 Å². The minimum absolute atomic E-state index is 1.08. The van der Waals surface area contributed by atoms with Gasteiger partial charge in [-0.05, 0) is 110 Å². The number of rotatable bonds is 7. The zero-order valence-electron chi connectivity index (χ0n) is 31.8. The summed E-state index contributed by atoms with van der Waals surface area (Å²) in [5.41, 5.74) is 14.0. The van der Waals surface area contributed by atoms with E-state index >= 15 is 0 Å². The Morgan fingerprint density at radius 1 is 0.276 bits per heavy atom. The Bertz CT molecular complexity index is 3230. The normalized spacial score (nSPS) is 11.4. The van der Waals surface area contributed by atoms with Gasteiger partial charge in [-0.15, -0.1) is 0 Å². The summed E-state index contributed by atoms with van der Waals surface area (Å²) in [6.07, 6.45) is 0. The molecule has 0 bridgehead atoms. The monoisotopic (exact) mass is 738 g/mol. The second-order valence-electron chi connectivity index (χ2n) is 14.9. The average molecular weight is 739 g/mol. The Kier molecular flexibility index (Phi) is 8.19. The summed E-state index contributed by atoms with van der Waals surface area (Å²) in [7, 11) is 0. The number of nitrogens with zero attached hydrogens (tertiary/aromatic N) is 2. The zero-order valence-corrected chi connectivity index (χ0v) is 31.8. The molecule has 0 aliphatic heterocycles. The second kappa shape index (κ2) is 14.1. The Balaban J connectivity index is 1.07. The fourth-order valence-electron chi connectivity index (χ4n) is 8.92. The molecule has 0 radical (unpaired) electrons. The average Bonchev–Trinajstić information content (AvgIpc) is 3.64. The van der Waals surface area contributed by atoms with E-state index in [1.54, 1.807) is 0 Å². The van der Waals surface area contributed by atoms with Gasteiger partial charge in [-0.25, -0.2) is 0 Å². The first-order valence-corrected chi connectivity index (χ1v) is 19.9. The molecule has 0 aliphatic carbocycles. The molecule has 1 aromatic heterocycles. The Morgan fingerprint density at radius 3 is 1.57 bits per heavy atom. The van der Waals surface area contributed by atoms with Crippen LogP contribution in [0.15, 0.2) is 231 Å². The molecule has 0 saturated heterocycles. The van der Waals surface area contributed by atoms with Crippen molar-refractivity contribution in [1.29, 1.82) is 0 Å². The lowest BCUT2D eigenvalue weighted by atomic mass is 9.94. The lowest BCUT2D eigenvalue weighted by Crippen LogP contribution is -2.10. The van der Waals surface area contributed by atoms with E-state index in [1.807, 2.05) is 0 Å². The van der Waals surface area contributed by atoms with Crippen LogP contribution in [0.25, 0.3) is 82.4 Å². The topological polar surface area (TPSA) is 8.17 Å². The third kappa shape index (κ3) is 5.74. The molecular formula is C56H38N2. The van der Waals surface area contributed by atoms with Crippen LogP contribution in [-0.2, 0) is 0 Å². The van der Waals surface area contributed by atoms with E-state index in [1.165, 1.54) is 76.7 Å². The fraction of sp³-hybridized carbons (Fsp3) is 0. The summed E-state index contributed by atoms with van der Waals surface area (Å²) < 4.78 is 2.40. The third-order valence-corrected chi connectivity index (χ3v) is 11.6. The summed E-state index contributed by atoms with van der Waals surface area (Å²) in [5, 5.41) is 7.57. The van der Waals surface area contributed by atoms with Crippen LogP contribution in [0.1, 0.15) is 0 Å². The summed E-state index contributed by atoms with van der Waals surface area (Å²) in [5.74, 6) is 0. The molecule has 0 N–H and O–H groups in total. The number of benzene rings is 10. The first-order chi connectivity index (χ1) is 28.8. The molecule has 0 fully saturated rings. The maximum absolute atomic E-state index is 2.40. The Morgan fingerprint density at radius 2 is 0.810 bits per heavy atom. The van der Waals surface area contributed by atoms with Gasteiger partial charge in [0.05, 0.1) is 11.0 Å². The Hall–Kier alpha value is -7.68. The standard InChI is InChI=1S/C56H38N2/c1-2-15-39(16-3-1)47-22-6-7-24-50(47)42-18-12-19-44(37-42)57(45-20-13-21-46(38-45)58-55-29-10-8-25-53(55)54-26-9-11-30-56(54)58)43-34-31-41(32-35-43)49-27-14-28-51-48-23-5-4-17-40(48)33-36-52(49)51/h1-38H. The third-order valence-electron chi connectivity index (χ3n) is 11.6. The van der Waals surface area contributed by atoms with Gasteiger partial charge in [0.1, 0.15) is 0 Å². The molecule has 11 aromatic rings. The van der Waals surface area contributed by atoms with Crippen LogP contribution in [-0.4, -0.2) is 4.57 Å². The molecule has 272 valence electrons. The minimum atomic E-state index is 1.08. The molecule has 0 saturated carbocycles. The highest BCUT2D eigenvalue weighted by atomic mass is 15.1. The molecule has 2 heteroatoms. The highest BCUT2D eigenvalue weighted by Crippen LogP contribution is 2.42. The van der Waals surface area contributed by atoms with Crippen molar-refractivity contribution in [3.05, 3.63) is 231 Å². The SMILES string of the molecule is c1ccc(-c2ccccc2-c2cccc(N(c3ccc(-c4cccc5c4ccc4ccccc45)cc3)c3cccc(-n4c5ccccc5c5ccccc54)c3)c2)cc1. The molecule has 0 unspecified atom stereocenters. The number of aromatic nitrogens is 1. The minimum Gasteiger partial charge on any atom is -0.310 e. The van der Waals surface area contributed by atoms with Crippen LogP contribution in [0.5, 0.6) is 0 Å². The summed E-state index contributed by atoms with van der Waals surface area (Å²) in [6, 6.07) is 83.7. The van der Waals surface area contributed by atoms with E-state index in [-0.39, 0.29) is 0 Å². The van der Waals surface area contributed by atoms with Crippen LogP contribution < -0.4 is 4.90 Å². The highest BCUT2D eigenvalue weighted by Gasteiger charge is 2.18. The smallest absolute Gasteiger partial charge is 0.0541 e. The van der Waals surface area contributed by atoms with Gasteiger partial charge in [0.2, 0.25) is 0 Å². The van der Waals surface area contributed by atoms with Gasteiger partial charge in [0.15, 0.2) is 0 Å². The van der Waals surface area contributed by atoms with Crippen molar-refractivity contribution in [3.8, 4) is 39.1 Å². The Labute approximate surface area is 338 Å². The van der Waals surface area contributed by atoms with Gasteiger partial charge in [0, 0.05) is 33.5 Å². The van der Waals surface area contributed by atoms with E-state index in [4.69, 9.17) is 0 Å². The van der Waals surface area contributed by atoms with E-state index in [9.17, 15) is 0 Å². The zero-order chi connectivity index (χ0) is 38.4. The number of anilines is 3. The second-order valence-corrected chi connectivity index (χ2v) is 14.9. The summed E-state index contributed by atoms with van der Waals surface area (Å²) in [6.45, 7) is 0. The van der Waals surface area contributed by atoms with Crippen molar-refractivity contribution in [1.82, 2.24) is 4.57 Å². The lowest BCUT2D eigenvalue weighted by molar-refractivity contribution is 1.17. The molecule has 0 atom stereocenters. The summed E-state index contributed by atoms with van der Waals surface area (Å²) in [4.78, 5) is 2.40. The molecular weight excluding hydrogens is 701 g/mol. The predicted octanol–water partition coefficient (Wildman–Crippen LogP) is 15.6. The van der Waals surface area contributed by atoms with Crippen molar-refractivity contribution in [2.75, 3.05) is 4.90 Å². The first kappa shape index (κ1) is 33.6. The number of hydrogen-bond acceptors (Lipinski definition) is 1. The molecule has 0 aliphatic rings. The number of para-hydroxylation sites is 2. The maximum atomic E-state index is 2.40. The van der Waals surface area contributed by atoms with Crippen molar-refractivity contribution in [3.63, 3.8) is 0 Å². The lowest BCUT2D eigenvalue weighted by Gasteiger charge is -2.27. The van der Waals surface area contributed by atoms with Gasteiger partial charge in [-0.3, -0.25) is 0 Å². The molecule has 58 heavy (non-hydrogen) atoms. The molecule has 0 amide bonds. The van der Waals surface area contributed by atoms with Crippen LogP contribution in [0.3, 0.4) is 0 Å². The molecule has 10 aromatic carbocycles. The summed E-state index contributed by atoms with van der Waals surface area (Å²) >= 11 is 0. The molecule has 0 spiro atoms. The molecule has 2 nitrogen and oxygen atoms in total. The molecule has 11 rings (SSSR count). The maximum Gasteiger partial charge on any atom is 0.0541 e. The fourth-order valence-corrected chi connectivity index (χ4v) is 8.92. The van der Waals surface area contributed by atoms with E-state index in [0.29, 0.717) is 0 Å². The van der Waals surface area contributed by atoms with E-state index in [2.05, 4.69) is 240 Å². The van der Waals surface area contributed by atoms with Gasteiger partial charge >= 0.3 is 0 Å². The van der Waals surface area contributed by atoms with Gasteiger partial charge in [-0.2, -0.15) is 0 Å². The van der Waals surface area contributed by atoms with Crippen LogP contribution in [0.2, 0.25) is 0 Å². The highest BCUT2D eigenvalue weighted by molar-refractivity contribution is 6.12. The van der Waals surface area contributed by atoms with Crippen molar-refractivity contribution in [2.24, 2.45) is 0 Å².